The number of thiazole rings is 1. The van der Waals surface area contributed by atoms with Crippen molar-refractivity contribution in [2.24, 2.45) is 5.92 Å². The molecule has 5 nitrogen and oxygen atoms in total. The molecule has 106 valence electrons. The summed E-state index contributed by atoms with van der Waals surface area (Å²) in [4.78, 5) is 19.3. The van der Waals surface area contributed by atoms with Crippen LogP contribution in [-0.2, 0) is 0 Å². The van der Waals surface area contributed by atoms with Crippen LogP contribution in [0.1, 0.15) is 42.8 Å². The molecule has 0 aliphatic heterocycles. The molecule has 1 aliphatic rings. The first kappa shape index (κ1) is 14.1. The van der Waals surface area contributed by atoms with E-state index >= 15 is 0 Å². The highest BCUT2D eigenvalue weighted by molar-refractivity contribution is 7.18. The Balaban J connectivity index is 2.11. The highest BCUT2D eigenvalue weighted by atomic mass is 32.1. The van der Waals surface area contributed by atoms with Crippen molar-refractivity contribution in [3.05, 3.63) is 4.88 Å². The van der Waals surface area contributed by atoms with Crippen molar-refractivity contribution in [1.82, 2.24) is 9.88 Å². The van der Waals surface area contributed by atoms with Gasteiger partial charge < -0.3 is 16.0 Å². The Labute approximate surface area is 118 Å². The van der Waals surface area contributed by atoms with Crippen LogP contribution >= 0.6 is 11.3 Å². The van der Waals surface area contributed by atoms with Crippen LogP contribution in [0.15, 0.2) is 0 Å². The van der Waals surface area contributed by atoms with Crippen LogP contribution in [0.4, 0.5) is 10.9 Å². The predicted octanol–water partition coefficient (Wildman–Crippen LogP) is 2.42. The van der Waals surface area contributed by atoms with Crippen molar-refractivity contribution >= 4 is 28.2 Å². The second-order valence-corrected chi connectivity index (χ2v) is 6.39. The van der Waals surface area contributed by atoms with E-state index in [-0.39, 0.29) is 5.91 Å². The third-order valence-corrected chi connectivity index (χ3v) is 4.33. The van der Waals surface area contributed by atoms with Gasteiger partial charge in [-0.25, -0.2) is 4.98 Å². The number of amides is 1. The van der Waals surface area contributed by atoms with Gasteiger partial charge in [0.25, 0.3) is 5.91 Å². The van der Waals surface area contributed by atoms with Gasteiger partial charge in [-0.05, 0) is 25.2 Å². The predicted molar refractivity (Wildman–Crippen MR) is 79.6 cm³/mol. The minimum atomic E-state index is 0.0413. The van der Waals surface area contributed by atoms with Gasteiger partial charge in [0.1, 0.15) is 10.7 Å². The minimum absolute atomic E-state index is 0.0413. The van der Waals surface area contributed by atoms with Crippen LogP contribution in [0.2, 0.25) is 0 Å². The van der Waals surface area contributed by atoms with E-state index in [1.807, 2.05) is 4.90 Å². The fourth-order valence-electron chi connectivity index (χ4n) is 1.96. The number of carbonyl (C=O) groups is 1. The SMILES string of the molecule is CNc1nc(N)c(C(=O)N(CCC(C)C)C2CC2)s1. The molecule has 1 amide bonds. The molecule has 19 heavy (non-hydrogen) atoms. The highest BCUT2D eigenvalue weighted by Gasteiger charge is 2.34. The van der Waals surface area contributed by atoms with Gasteiger partial charge in [0, 0.05) is 19.6 Å². The van der Waals surface area contributed by atoms with E-state index < -0.39 is 0 Å². The molecule has 6 heteroatoms. The van der Waals surface area contributed by atoms with Crippen molar-refractivity contribution in [2.45, 2.75) is 39.2 Å². The Bertz CT molecular complexity index is 453. The Morgan fingerprint density at radius 2 is 2.26 bits per heavy atom. The average molecular weight is 282 g/mol. The van der Waals surface area contributed by atoms with Gasteiger partial charge in [0.15, 0.2) is 5.13 Å². The molecule has 0 atom stereocenters. The van der Waals surface area contributed by atoms with Gasteiger partial charge in [0.05, 0.1) is 0 Å². The zero-order valence-corrected chi connectivity index (χ0v) is 12.6. The molecule has 1 aromatic heterocycles. The fourth-order valence-corrected chi connectivity index (χ4v) is 2.75. The van der Waals surface area contributed by atoms with Gasteiger partial charge in [-0.15, -0.1) is 0 Å². The largest absolute Gasteiger partial charge is 0.382 e. The van der Waals surface area contributed by atoms with E-state index in [1.54, 1.807) is 7.05 Å². The molecule has 0 saturated heterocycles. The molecule has 1 aliphatic carbocycles. The molecular formula is C13H22N4OS. The zero-order valence-electron chi connectivity index (χ0n) is 11.8. The lowest BCUT2D eigenvalue weighted by atomic mass is 10.1. The number of anilines is 2. The maximum Gasteiger partial charge on any atom is 0.268 e. The summed E-state index contributed by atoms with van der Waals surface area (Å²) in [5.74, 6) is 0.981. The number of hydrogen-bond acceptors (Lipinski definition) is 5. The van der Waals surface area contributed by atoms with Gasteiger partial charge in [-0.3, -0.25) is 4.79 Å². The second-order valence-electron chi connectivity index (χ2n) is 5.40. The van der Waals surface area contributed by atoms with Crippen LogP contribution in [-0.4, -0.2) is 35.4 Å². The molecular weight excluding hydrogens is 260 g/mol. The minimum Gasteiger partial charge on any atom is -0.382 e. The van der Waals surface area contributed by atoms with E-state index in [1.165, 1.54) is 11.3 Å². The molecule has 0 radical (unpaired) electrons. The van der Waals surface area contributed by atoms with Crippen molar-refractivity contribution in [3.8, 4) is 0 Å². The first-order valence-corrected chi connectivity index (χ1v) is 7.59. The summed E-state index contributed by atoms with van der Waals surface area (Å²) in [7, 11) is 1.78. The van der Waals surface area contributed by atoms with E-state index in [4.69, 9.17) is 5.73 Å². The fraction of sp³-hybridized carbons (Fsp3) is 0.692. The molecule has 2 rings (SSSR count). The summed E-state index contributed by atoms with van der Waals surface area (Å²) in [6.45, 7) is 5.17. The lowest BCUT2D eigenvalue weighted by Gasteiger charge is -2.22. The monoisotopic (exact) mass is 282 g/mol. The van der Waals surface area contributed by atoms with Crippen molar-refractivity contribution < 1.29 is 4.79 Å². The van der Waals surface area contributed by atoms with Crippen LogP contribution in [0.5, 0.6) is 0 Å². The number of rotatable bonds is 6. The average Bonchev–Trinajstić information content (AvgIpc) is 3.11. The lowest BCUT2D eigenvalue weighted by molar-refractivity contribution is 0.0741. The Morgan fingerprint density at radius 3 is 2.74 bits per heavy atom. The highest BCUT2D eigenvalue weighted by Crippen LogP contribution is 2.32. The summed E-state index contributed by atoms with van der Waals surface area (Å²) in [5.41, 5.74) is 5.84. The first-order valence-electron chi connectivity index (χ1n) is 6.78. The van der Waals surface area contributed by atoms with E-state index in [0.717, 1.165) is 25.8 Å². The molecule has 1 aromatic rings. The van der Waals surface area contributed by atoms with Crippen molar-refractivity contribution in [1.29, 1.82) is 0 Å². The Kier molecular flexibility index (Phi) is 4.29. The molecule has 0 spiro atoms. The molecule has 1 heterocycles. The van der Waals surface area contributed by atoms with Gasteiger partial charge in [-0.2, -0.15) is 0 Å². The molecule has 0 bridgehead atoms. The van der Waals surface area contributed by atoms with Crippen LogP contribution in [0, 0.1) is 5.92 Å². The number of nitrogens with one attached hydrogen (secondary N) is 1. The van der Waals surface area contributed by atoms with Gasteiger partial charge >= 0.3 is 0 Å². The zero-order chi connectivity index (χ0) is 14.0. The summed E-state index contributed by atoms with van der Waals surface area (Å²) < 4.78 is 0. The molecule has 0 aromatic carbocycles. The van der Waals surface area contributed by atoms with E-state index in [2.05, 4.69) is 24.1 Å². The normalized spacial score (nSPS) is 14.7. The smallest absolute Gasteiger partial charge is 0.268 e. The summed E-state index contributed by atoms with van der Waals surface area (Å²) in [5, 5.41) is 3.63. The number of aromatic nitrogens is 1. The molecule has 1 fully saturated rings. The second kappa shape index (κ2) is 5.77. The molecule has 0 unspecified atom stereocenters. The van der Waals surface area contributed by atoms with Crippen LogP contribution < -0.4 is 11.1 Å². The van der Waals surface area contributed by atoms with Crippen LogP contribution in [0.25, 0.3) is 0 Å². The maximum absolute atomic E-state index is 12.6. The first-order chi connectivity index (χ1) is 9.02. The number of hydrogen-bond donors (Lipinski definition) is 2. The molecule has 3 N–H and O–H groups in total. The van der Waals surface area contributed by atoms with E-state index in [9.17, 15) is 4.79 Å². The number of nitrogen functional groups attached to an aromatic ring is 1. The van der Waals surface area contributed by atoms with Gasteiger partial charge in [0.2, 0.25) is 0 Å². The Hall–Kier alpha value is -1.30. The third kappa shape index (κ3) is 3.37. The van der Waals surface area contributed by atoms with Crippen molar-refractivity contribution in [2.75, 3.05) is 24.6 Å². The van der Waals surface area contributed by atoms with Crippen LogP contribution in [0.3, 0.4) is 0 Å². The van der Waals surface area contributed by atoms with Crippen molar-refractivity contribution in [3.63, 3.8) is 0 Å². The van der Waals surface area contributed by atoms with E-state index in [0.29, 0.717) is 27.8 Å². The number of nitrogens with two attached hydrogens (primary N) is 1. The summed E-state index contributed by atoms with van der Waals surface area (Å²) >= 11 is 1.34. The van der Waals surface area contributed by atoms with Gasteiger partial charge in [-0.1, -0.05) is 25.2 Å². The number of carbonyl (C=O) groups excluding carboxylic acids is 1. The number of nitrogens with zero attached hydrogens (tertiary/aromatic N) is 2. The summed E-state index contributed by atoms with van der Waals surface area (Å²) in [6, 6.07) is 0.408. The summed E-state index contributed by atoms with van der Waals surface area (Å²) in [6.07, 6.45) is 3.25. The standard InChI is InChI=1S/C13H22N4OS/c1-8(2)6-7-17(9-4-5-9)12(18)10-11(14)16-13(15-3)19-10/h8-9H,4-7,14H2,1-3H3,(H,15,16). The third-order valence-electron chi connectivity index (χ3n) is 3.26. The quantitative estimate of drug-likeness (QED) is 0.840. The topological polar surface area (TPSA) is 71.2 Å². The molecule has 1 saturated carbocycles. The Morgan fingerprint density at radius 1 is 1.58 bits per heavy atom. The maximum atomic E-state index is 12.6. The lowest BCUT2D eigenvalue weighted by Crippen LogP contribution is -2.34.